The Morgan fingerprint density at radius 3 is 2.24 bits per heavy atom. The topological polar surface area (TPSA) is 118 Å². The van der Waals surface area contributed by atoms with Gasteiger partial charge in [-0.1, -0.05) is 12.1 Å². The highest BCUT2D eigenvalue weighted by atomic mass is 32.2. The van der Waals surface area contributed by atoms with E-state index in [-0.39, 0.29) is 23.6 Å². The van der Waals surface area contributed by atoms with Gasteiger partial charge in [0, 0.05) is 43.6 Å². The van der Waals surface area contributed by atoms with E-state index >= 15 is 0 Å². The summed E-state index contributed by atoms with van der Waals surface area (Å²) in [5.74, 6) is -0.185. The molecule has 2 heterocycles. The molecule has 2 aromatic carbocycles. The van der Waals surface area contributed by atoms with Gasteiger partial charge in [0.25, 0.3) is 5.56 Å². The molecule has 0 saturated carbocycles. The van der Waals surface area contributed by atoms with Crippen LogP contribution < -0.4 is 20.1 Å². The number of carboxylic acid groups (broad SMARTS) is 1. The first-order valence-electron chi connectivity index (χ1n) is 11.3. The molecule has 202 valence electrons. The zero-order valence-electron chi connectivity index (χ0n) is 19.9. The molecule has 1 saturated heterocycles. The van der Waals surface area contributed by atoms with Gasteiger partial charge in [-0.15, -0.1) is 13.2 Å². The van der Waals surface area contributed by atoms with Crippen LogP contribution in [0.4, 0.5) is 18.0 Å². The average molecular weight is 552 g/mol. The Hall–Kier alpha value is -4.00. The molecule has 4 rings (SSSR count). The van der Waals surface area contributed by atoms with E-state index in [1.54, 1.807) is 6.07 Å². The third kappa shape index (κ3) is 6.46. The van der Waals surface area contributed by atoms with E-state index in [0.717, 1.165) is 23.3 Å². The standard InChI is InChI=1S/C25H23F3N2O7S/c1-38(34,35)21-8-4-17(5-9-21)29-12-10-20(15-23(29)31)36-19-11-13-30(24(32)33)22(14-19)16-2-6-18(7-3-16)37-25(26,27)28/h2-10,12,15,19,22H,11,13-14H2,1H3,(H,32,33)/p-1. The fourth-order valence-corrected chi connectivity index (χ4v) is 4.89. The van der Waals surface area contributed by atoms with Crippen LogP contribution >= 0.6 is 0 Å². The molecule has 2 unspecified atom stereocenters. The quantitative estimate of drug-likeness (QED) is 0.462. The van der Waals surface area contributed by atoms with Crippen molar-refractivity contribution in [3.63, 3.8) is 0 Å². The van der Waals surface area contributed by atoms with Crippen LogP contribution in [0.1, 0.15) is 24.4 Å². The number of hydrogen-bond donors (Lipinski definition) is 0. The highest BCUT2D eigenvalue weighted by molar-refractivity contribution is 7.90. The van der Waals surface area contributed by atoms with Gasteiger partial charge < -0.3 is 24.3 Å². The Bertz CT molecular complexity index is 1470. The van der Waals surface area contributed by atoms with Gasteiger partial charge in [-0.05, 0) is 48.0 Å². The van der Waals surface area contributed by atoms with E-state index in [2.05, 4.69) is 4.74 Å². The molecular formula is C25H22F3N2O7S-. The van der Waals surface area contributed by atoms with Crippen molar-refractivity contribution < 1.29 is 41.0 Å². The lowest BCUT2D eigenvalue weighted by Crippen LogP contribution is -2.49. The van der Waals surface area contributed by atoms with Crippen molar-refractivity contribution in [2.45, 2.75) is 36.2 Å². The Kier molecular flexibility index (Phi) is 7.40. The molecule has 9 nitrogen and oxygen atoms in total. The lowest BCUT2D eigenvalue weighted by molar-refractivity contribution is -0.274. The van der Waals surface area contributed by atoms with Crippen LogP contribution in [0.3, 0.4) is 0 Å². The SMILES string of the molecule is CS(=O)(=O)c1ccc(-n2ccc(OC3CCN(C(=O)[O-])C(c4ccc(OC(F)(F)F)cc4)C3)cc2=O)cc1. The maximum atomic E-state index is 12.7. The monoisotopic (exact) mass is 551 g/mol. The number of sulfone groups is 1. The molecule has 1 aliphatic rings. The molecule has 0 bridgehead atoms. The van der Waals surface area contributed by atoms with Crippen molar-refractivity contribution in [3.8, 4) is 17.2 Å². The number of alkyl halides is 3. The van der Waals surface area contributed by atoms with Crippen molar-refractivity contribution in [1.29, 1.82) is 0 Å². The van der Waals surface area contributed by atoms with Gasteiger partial charge >= 0.3 is 6.36 Å². The Balaban J connectivity index is 1.49. The van der Waals surface area contributed by atoms with Gasteiger partial charge in [0.05, 0.1) is 10.9 Å². The molecule has 2 atom stereocenters. The van der Waals surface area contributed by atoms with Gasteiger partial charge in [-0.25, -0.2) is 8.42 Å². The van der Waals surface area contributed by atoms with Crippen LogP contribution in [0.5, 0.6) is 11.5 Å². The lowest BCUT2D eigenvalue weighted by Gasteiger charge is -2.41. The smallest absolute Gasteiger partial charge is 0.530 e. The molecule has 1 aromatic heterocycles. The van der Waals surface area contributed by atoms with E-state index in [1.807, 2.05) is 0 Å². The van der Waals surface area contributed by atoms with E-state index in [1.165, 1.54) is 53.2 Å². The third-order valence-electron chi connectivity index (χ3n) is 6.02. The number of piperidine rings is 1. The number of ether oxygens (including phenoxy) is 2. The van der Waals surface area contributed by atoms with Crippen LogP contribution in [0.15, 0.2) is 76.6 Å². The number of carbonyl (C=O) groups is 1. The van der Waals surface area contributed by atoms with Crippen molar-refractivity contribution in [1.82, 2.24) is 9.47 Å². The molecular weight excluding hydrogens is 529 g/mol. The molecule has 0 radical (unpaired) electrons. The first kappa shape index (κ1) is 27.0. The number of hydrogen-bond acceptors (Lipinski definition) is 7. The fraction of sp³-hybridized carbons (Fsp3) is 0.280. The third-order valence-corrected chi connectivity index (χ3v) is 7.15. The number of benzene rings is 2. The minimum absolute atomic E-state index is 0.0578. The van der Waals surface area contributed by atoms with E-state index in [4.69, 9.17) is 4.74 Å². The lowest BCUT2D eigenvalue weighted by atomic mass is 9.93. The maximum absolute atomic E-state index is 12.7. The Labute approximate surface area is 215 Å². The molecule has 0 spiro atoms. The summed E-state index contributed by atoms with van der Waals surface area (Å²) >= 11 is 0. The fourth-order valence-electron chi connectivity index (χ4n) is 4.26. The number of aromatic nitrogens is 1. The second-order valence-corrected chi connectivity index (χ2v) is 10.7. The summed E-state index contributed by atoms with van der Waals surface area (Å²) < 4.78 is 71.8. The summed E-state index contributed by atoms with van der Waals surface area (Å²) in [5.41, 5.74) is 0.456. The highest BCUT2D eigenvalue weighted by Gasteiger charge is 2.33. The first-order chi connectivity index (χ1) is 17.8. The zero-order chi connectivity index (χ0) is 27.7. The second kappa shape index (κ2) is 10.4. The number of rotatable bonds is 6. The van der Waals surface area contributed by atoms with Gasteiger partial charge in [-0.2, -0.15) is 0 Å². The summed E-state index contributed by atoms with van der Waals surface area (Å²) in [7, 11) is -3.38. The molecule has 3 aromatic rings. The maximum Gasteiger partial charge on any atom is 0.573 e. The van der Waals surface area contributed by atoms with Gasteiger partial charge in [0.1, 0.15) is 23.7 Å². The number of pyridine rings is 1. The van der Waals surface area contributed by atoms with E-state index < -0.39 is 45.7 Å². The average Bonchev–Trinajstić information content (AvgIpc) is 2.83. The van der Waals surface area contributed by atoms with Crippen molar-refractivity contribution in [2.24, 2.45) is 0 Å². The minimum atomic E-state index is -4.85. The summed E-state index contributed by atoms with van der Waals surface area (Å²) in [6.45, 7) is 0.0578. The van der Waals surface area contributed by atoms with E-state index in [0.29, 0.717) is 17.7 Å². The summed E-state index contributed by atoms with van der Waals surface area (Å²) in [4.78, 5) is 25.6. The normalized spacial score (nSPS) is 18.2. The van der Waals surface area contributed by atoms with Crippen LogP contribution in [-0.4, -0.2) is 49.2 Å². The molecule has 0 N–H and O–H groups in total. The largest absolute Gasteiger partial charge is 0.573 e. The zero-order valence-corrected chi connectivity index (χ0v) is 20.7. The Morgan fingerprint density at radius 1 is 1.03 bits per heavy atom. The first-order valence-corrected chi connectivity index (χ1v) is 13.2. The van der Waals surface area contributed by atoms with Gasteiger partial charge in [0.2, 0.25) is 0 Å². The minimum Gasteiger partial charge on any atom is -0.530 e. The second-order valence-electron chi connectivity index (χ2n) is 8.69. The van der Waals surface area contributed by atoms with E-state index in [9.17, 15) is 36.3 Å². The van der Waals surface area contributed by atoms with Gasteiger partial charge in [-0.3, -0.25) is 9.36 Å². The van der Waals surface area contributed by atoms with Crippen molar-refractivity contribution >= 4 is 15.9 Å². The number of nitrogens with zero attached hydrogens (tertiary/aromatic N) is 2. The molecule has 0 aliphatic carbocycles. The van der Waals surface area contributed by atoms with Crippen molar-refractivity contribution in [3.05, 3.63) is 82.8 Å². The Morgan fingerprint density at radius 2 is 1.68 bits per heavy atom. The number of carbonyl (C=O) groups excluding carboxylic acids is 1. The predicted octanol–water partition coefficient (Wildman–Crippen LogP) is 3.07. The predicted molar refractivity (Wildman–Crippen MR) is 127 cm³/mol. The van der Waals surface area contributed by atoms with Crippen LogP contribution in [0.25, 0.3) is 5.69 Å². The number of halogens is 3. The van der Waals surface area contributed by atoms with Crippen LogP contribution in [0.2, 0.25) is 0 Å². The molecule has 38 heavy (non-hydrogen) atoms. The summed E-state index contributed by atoms with van der Waals surface area (Å²) in [5, 5.41) is 11.7. The number of likely N-dealkylation sites (tertiary alicyclic amines) is 1. The van der Waals surface area contributed by atoms with Crippen molar-refractivity contribution in [2.75, 3.05) is 12.8 Å². The van der Waals surface area contributed by atoms with Gasteiger partial charge in [0.15, 0.2) is 9.84 Å². The highest BCUT2D eigenvalue weighted by Crippen LogP contribution is 2.34. The van der Waals surface area contributed by atoms with Crippen LogP contribution in [-0.2, 0) is 9.84 Å². The molecule has 13 heteroatoms. The summed E-state index contributed by atoms with van der Waals surface area (Å²) in [6, 6.07) is 12.8. The van der Waals surface area contributed by atoms with Crippen LogP contribution in [0, 0.1) is 0 Å². The summed E-state index contributed by atoms with van der Waals surface area (Å²) in [6.07, 6.45) is -3.74. The number of amides is 1. The molecule has 1 fully saturated rings. The molecule has 1 aliphatic heterocycles. The molecule has 1 amide bonds.